The Morgan fingerprint density at radius 1 is 1.30 bits per heavy atom. The molecule has 0 heterocycles. The lowest BCUT2D eigenvalue weighted by atomic mass is 10.1. The second kappa shape index (κ2) is 6.21. The van der Waals surface area contributed by atoms with E-state index in [0.29, 0.717) is 0 Å². The number of anilines is 2. The molecule has 0 aliphatic rings. The minimum absolute atomic E-state index is 0.128. The van der Waals surface area contributed by atoms with Crippen LogP contribution in [0.3, 0.4) is 0 Å². The number of ether oxygens (including phenoxy) is 1. The average molecular weight is 385 g/mol. The highest BCUT2D eigenvalue weighted by atomic mass is 127. The highest BCUT2D eigenvalue weighted by molar-refractivity contribution is 14.1. The summed E-state index contributed by atoms with van der Waals surface area (Å²) in [5.41, 5.74) is 2.02. The Labute approximate surface area is 130 Å². The number of hydrogen-bond acceptors (Lipinski definition) is 3. The molecule has 1 N–H and O–H groups in total. The predicted octanol–water partition coefficient (Wildman–Crippen LogP) is 4.27. The number of nitrogens with one attached hydrogen (secondary N) is 1. The van der Waals surface area contributed by atoms with Crippen LogP contribution in [0.1, 0.15) is 15.9 Å². The van der Waals surface area contributed by atoms with Crippen molar-refractivity contribution in [2.75, 3.05) is 12.4 Å². The third-order valence-corrected chi connectivity index (χ3v) is 3.54. The van der Waals surface area contributed by atoms with E-state index in [-0.39, 0.29) is 11.3 Å². The van der Waals surface area contributed by atoms with Crippen molar-refractivity contribution in [3.05, 3.63) is 56.9 Å². The van der Waals surface area contributed by atoms with Crippen LogP contribution in [0.5, 0.6) is 0 Å². The first-order valence-electron chi connectivity index (χ1n) is 5.93. The number of para-hydroxylation sites is 1. The number of rotatable bonds is 3. The third-order valence-electron chi connectivity index (χ3n) is 2.87. The Morgan fingerprint density at radius 2 is 2.05 bits per heavy atom. The Balaban J connectivity index is 2.45. The van der Waals surface area contributed by atoms with Crippen LogP contribution in [0.2, 0.25) is 0 Å². The summed E-state index contributed by atoms with van der Waals surface area (Å²) in [6, 6.07) is 10.0. The number of halogens is 2. The molecule has 20 heavy (non-hydrogen) atoms. The standard InChI is InChI=1S/C15H13FINO2/c1-9-8-10(17)6-7-13(9)18-14-11(15(19)20-2)4-3-5-12(14)16/h3-8,18H,1-2H3. The fourth-order valence-electron chi connectivity index (χ4n) is 1.83. The van der Waals surface area contributed by atoms with Crippen LogP contribution in [0.4, 0.5) is 15.8 Å². The second-order valence-electron chi connectivity index (χ2n) is 4.24. The van der Waals surface area contributed by atoms with E-state index >= 15 is 0 Å². The van der Waals surface area contributed by atoms with Gasteiger partial charge in [0.15, 0.2) is 0 Å². The van der Waals surface area contributed by atoms with E-state index in [2.05, 4.69) is 32.6 Å². The lowest BCUT2D eigenvalue weighted by molar-refractivity contribution is 0.0601. The lowest BCUT2D eigenvalue weighted by Crippen LogP contribution is -2.07. The molecule has 2 aromatic rings. The Kier molecular flexibility index (Phi) is 4.59. The van der Waals surface area contributed by atoms with Crippen molar-refractivity contribution in [2.24, 2.45) is 0 Å². The highest BCUT2D eigenvalue weighted by Crippen LogP contribution is 2.27. The van der Waals surface area contributed by atoms with E-state index in [9.17, 15) is 9.18 Å². The summed E-state index contributed by atoms with van der Waals surface area (Å²) in [7, 11) is 1.27. The predicted molar refractivity (Wildman–Crippen MR) is 84.9 cm³/mol. The van der Waals surface area contributed by atoms with Gasteiger partial charge in [-0.05, 0) is 65.4 Å². The molecule has 0 amide bonds. The van der Waals surface area contributed by atoms with Gasteiger partial charge in [0.05, 0.1) is 18.4 Å². The third kappa shape index (κ3) is 3.09. The van der Waals surface area contributed by atoms with Crippen LogP contribution in [-0.4, -0.2) is 13.1 Å². The van der Waals surface area contributed by atoms with Crippen molar-refractivity contribution in [3.63, 3.8) is 0 Å². The largest absolute Gasteiger partial charge is 0.465 e. The van der Waals surface area contributed by atoms with E-state index < -0.39 is 11.8 Å². The molecule has 0 aromatic heterocycles. The number of benzene rings is 2. The first-order chi connectivity index (χ1) is 9.52. The molecule has 2 rings (SSSR count). The molecule has 0 aliphatic carbocycles. The first kappa shape index (κ1) is 14.8. The maximum atomic E-state index is 14.0. The quantitative estimate of drug-likeness (QED) is 0.634. The van der Waals surface area contributed by atoms with Crippen molar-refractivity contribution in [2.45, 2.75) is 6.92 Å². The zero-order valence-corrected chi connectivity index (χ0v) is 13.2. The molecule has 0 saturated heterocycles. The molecule has 0 atom stereocenters. The maximum absolute atomic E-state index is 14.0. The fourth-order valence-corrected chi connectivity index (χ4v) is 2.48. The lowest BCUT2D eigenvalue weighted by Gasteiger charge is -2.13. The first-order valence-corrected chi connectivity index (χ1v) is 7.01. The number of aryl methyl sites for hydroxylation is 1. The molecule has 2 aromatic carbocycles. The van der Waals surface area contributed by atoms with Crippen LogP contribution in [0.15, 0.2) is 36.4 Å². The molecule has 0 spiro atoms. The summed E-state index contributed by atoms with van der Waals surface area (Å²) < 4.78 is 19.7. The van der Waals surface area contributed by atoms with Gasteiger partial charge in [0, 0.05) is 9.26 Å². The maximum Gasteiger partial charge on any atom is 0.340 e. The van der Waals surface area contributed by atoms with Crippen LogP contribution in [-0.2, 0) is 4.74 Å². The van der Waals surface area contributed by atoms with Gasteiger partial charge in [0.2, 0.25) is 0 Å². The monoisotopic (exact) mass is 385 g/mol. The van der Waals surface area contributed by atoms with Crippen LogP contribution in [0, 0.1) is 16.3 Å². The number of carbonyl (C=O) groups is 1. The van der Waals surface area contributed by atoms with Crippen LogP contribution < -0.4 is 5.32 Å². The van der Waals surface area contributed by atoms with Gasteiger partial charge in [-0.2, -0.15) is 0 Å². The van der Waals surface area contributed by atoms with Gasteiger partial charge >= 0.3 is 5.97 Å². The summed E-state index contributed by atoms with van der Waals surface area (Å²) in [5, 5.41) is 2.97. The van der Waals surface area contributed by atoms with Gasteiger partial charge in [-0.25, -0.2) is 9.18 Å². The minimum atomic E-state index is -0.574. The number of hydrogen-bond donors (Lipinski definition) is 1. The van der Waals surface area contributed by atoms with Crippen molar-refractivity contribution in [1.29, 1.82) is 0 Å². The Morgan fingerprint density at radius 3 is 2.70 bits per heavy atom. The average Bonchev–Trinajstić information content (AvgIpc) is 2.42. The van der Waals surface area contributed by atoms with E-state index in [1.54, 1.807) is 0 Å². The SMILES string of the molecule is COC(=O)c1cccc(F)c1Nc1ccc(I)cc1C. The molecule has 0 radical (unpaired) electrons. The topological polar surface area (TPSA) is 38.3 Å². The molecule has 5 heteroatoms. The van der Waals surface area contributed by atoms with Gasteiger partial charge in [-0.1, -0.05) is 6.07 Å². The van der Waals surface area contributed by atoms with E-state index in [0.717, 1.165) is 14.8 Å². The molecule has 0 unspecified atom stereocenters. The molecule has 0 bridgehead atoms. The molecular weight excluding hydrogens is 372 g/mol. The van der Waals surface area contributed by atoms with Gasteiger partial charge in [0.1, 0.15) is 5.82 Å². The van der Waals surface area contributed by atoms with Crippen LogP contribution in [0.25, 0.3) is 0 Å². The van der Waals surface area contributed by atoms with Crippen molar-refractivity contribution in [1.82, 2.24) is 0 Å². The van der Waals surface area contributed by atoms with Crippen molar-refractivity contribution >= 4 is 39.9 Å². The second-order valence-corrected chi connectivity index (χ2v) is 5.48. The Hall–Kier alpha value is -1.63. The van der Waals surface area contributed by atoms with Crippen LogP contribution >= 0.6 is 22.6 Å². The van der Waals surface area contributed by atoms with Gasteiger partial charge in [-0.15, -0.1) is 0 Å². The summed E-state index contributed by atoms with van der Waals surface area (Å²) in [5.74, 6) is -1.07. The van der Waals surface area contributed by atoms with E-state index in [1.165, 1.54) is 25.3 Å². The van der Waals surface area contributed by atoms with E-state index in [4.69, 9.17) is 0 Å². The summed E-state index contributed by atoms with van der Waals surface area (Å²) in [6.45, 7) is 1.92. The van der Waals surface area contributed by atoms with Crippen molar-refractivity contribution in [3.8, 4) is 0 Å². The summed E-state index contributed by atoms with van der Waals surface area (Å²) in [4.78, 5) is 11.7. The minimum Gasteiger partial charge on any atom is -0.465 e. The van der Waals surface area contributed by atoms with Gasteiger partial charge in [0.25, 0.3) is 0 Å². The zero-order chi connectivity index (χ0) is 14.7. The Bertz CT molecular complexity index is 658. The summed E-state index contributed by atoms with van der Waals surface area (Å²) in [6.07, 6.45) is 0. The number of methoxy groups -OCH3 is 1. The summed E-state index contributed by atoms with van der Waals surface area (Å²) >= 11 is 2.21. The smallest absolute Gasteiger partial charge is 0.340 e. The normalized spacial score (nSPS) is 10.2. The molecule has 104 valence electrons. The molecule has 0 saturated carbocycles. The molecular formula is C15H13FINO2. The molecule has 0 fully saturated rings. The highest BCUT2D eigenvalue weighted by Gasteiger charge is 2.16. The molecule has 0 aliphatic heterocycles. The van der Waals surface area contributed by atoms with Gasteiger partial charge < -0.3 is 10.1 Å². The fraction of sp³-hybridized carbons (Fsp3) is 0.133. The van der Waals surface area contributed by atoms with E-state index in [1.807, 2.05) is 25.1 Å². The van der Waals surface area contributed by atoms with Gasteiger partial charge in [-0.3, -0.25) is 0 Å². The van der Waals surface area contributed by atoms with Crippen molar-refractivity contribution < 1.29 is 13.9 Å². The number of carbonyl (C=O) groups excluding carboxylic acids is 1. The molecule has 3 nitrogen and oxygen atoms in total. The number of esters is 1. The zero-order valence-electron chi connectivity index (χ0n) is 11.0.